The average Bonchev–Trinajstić information content (AvgIpc) is 3.24. The highest BCUT2D eigenvalue weighted by atomic mass is 32.1. The molecule has 0 spiro atoms. The Kier molecular flexibility index (Phi) is 6.01. The Morgan fingerprint density at radius 2 is 1.59 bits per heavy atom. The predicted octanol–water partition coefficient (Wildman–Crippen LogP) is 2.78. The second-order valence-electron chi connectivity index (χ2n) is 7.89. The van der Waals surface area contributed by atoms with Gasteiger partial charge in [-0.3, -0.25) is 9.69 Å². The van der Waals surface area contributed by atoms with Crippen molar-refractivity contribution in [1.82, 2.24) is 14.8 Å². The summed E-state index contributed by atoms with van der Waals surface area (Å²) in [6.07, 6.45) is 0. The number of thiazole rings is 1. The summed E-state index contributed by atoms with van der Waals surface area (Å²) >= 11 is 1.54. The number of anilines is 2. The molecular weight excluding hydrogens is 389 g/mol. The van der Waals surface area contributed by atoms with E-state index in [2.05, 4.69) is 33.5 Å². The number of carbonyl (C=O) groups excluding carboxylic acids is 1. The van der Waals surface area contributed by atoms with E-state index in [-0.39, 0.29) is 11.7 Å². The zero-order valence-electron chi connectivity index (χ0n) is 17.1. The van der Waals surface area contributed by atoms with E-state index in [1.165, 1.54) is 12.1 Å². The first-order valence-corrected chi connectivity index (χ1v) is 11.1. The third kappa shape index (κ3) is 4.53. The van der Waals surface area contributed by atoms with Crippen molar-refractivity contribution in [3.63, 3.8) is 0 Å². The lowest BCUT2D eigenvalue weighted by molar-refractivity contribution is 0.0591. The lowest BCUT2D eigenvalue weighted by Crippen LogP contribution is -2.50. The Bertz CT molecular complexity index is 824. The second kappa shape index (κ2) is 8.67. The molecule has 4 rings (SSSR count). The molecule has 1 aromatic carbocycles. The van der Waals surface area contributed by atoms with Crippen LogP contribution in [0.4, 0.5) is 15.2 Å². The van der Waals surface area contributed by atoms with Crippen molar-refractivity contribution in [1.29, 1.82) is 0 Å². The SMILES string of the molecule is CC(C)N1CCN(C(=O)c2csc(N3CCN(c4ccc(F)cc4)CC3)n2)CC1. The Morgan fingerprint density at radius 1 is 0.966 bits per heavy atom. The van der Waals surface area contributed by atoms with Gasteiger partial charge in [0.05, 0.1) is 0 Å². The maximum Gasteiger partial charge on any atom is 0.273 e. The molecule has 6 nitrogen and oxygen atoms in total. The molecule has 29 heavy (non-hydrogen) atoms. The summed E-state index contributed by atoms with van der Waals surface area (Å²) in [5.74, 6) is -0.168. The normalized spacial score (nSPS) is 18.6. The van der Waals surface area contributed by atoms with Crippen LogP contribution in [0.25, 0.3) is 0 Å². The van der Waals surface area contributed by atoms with Crippen molar-refractivity contribution in [2.24, 2.45) is 0 Å². The van der Waals surface area contributed by atoms with Gasteiger partial charge in [0, 0.05) is 69.5 Å². The van der Waals surface area contributed by atoms with E-state index in [1.54, 1.807) is 11.3 Å². The van der Waals surface area contributed by atoms with Gasteiger partial charge in [0.1, 0.15) is 11.5 Å². The first-order chi connectivity index (χ1) is 14.0. The molecule has 2 saturated heterocycles. The molecule has 2 fully saturated rings. The zero-order valence-corrected chi connectivity index (χ0v) is 17.9. The molecule has 2 aliphatic heterocycles. The quantitative estimate of drug-likeness (QED) is 0.765. The number of hydrogen-bond donors (Lipinski definition) is 0. The van der Waals surface area contributed by atoms with E-state index in [0.29, 0.717) is 11.7 Å². The van der Waals surface area contributed by atoms with Crippen molar-refractivity contribution < 1.29 is 9.18 Å². The van der Waals surface area contributed by atoms with Crippen LogP contribution in [0.2, 0.25) is 0 Å². The number of benzene rings is 1. The van der Waals surface area contributed by atoms with E-state index in [0.717, 1.165) is 63.2 Å². The van der Waals surface area contributed by atoms with Crippen molar-refractivity contribution in [2.75, 3.05) is 62.2 Å². The molecule has 0 unspecified atom stereocenters. The number of aromatic nitrogens is 1. The summed E-state index contributed by atoms with van der Waals surface area (Å²) in [6.45, 7) is 11.1. The van der Waals surface area contributed by atoms with Crippen LogP contribution in [-0.2, 0) is 0 Å². The number of amides is 1. The molecule has 0 atom stereocenters. The highest BCUT2D eigenvalue weighted by molar-refractivity contribution is 7.13. The third-order valence-corrected chi connectivity index (χ3v) is 6.69. The molecule has 8 heteroatoms. The van der Waals surface area contributed by atoms with Crippen LogP contribution >= 0.6 is 11.3 Å². The molecule has 0 bridgehead atoms. The Morgan fingerprint density at radius 3 is 2.21 bits per heavy atom. The average molecular weight is 418 g/mol. The minimum absolute atomic E-state index is 0.0425. The Labute approximate surface area is 175 Å². The lowest BCUT2D eigenvalue weighted by Gasteiger charge is -2.36. The number of nitrogens with zero attached hydrogens (tertiary/aromatic N) is 5. The molecule has 0 radical (unpaired) electrons. The van der Waals surface area contributed by atoms with E-state index in [1.807, 2.05) is 22.4 Å². The first kappa shape index (κ1) is 20.1. The topological polar surface area (TPSA) is 42.9 Å². The summed E-state index contributed by atoms with van der Waals surface area (Å²) < 4.78 is 13.1. The van der Waals surface area contributed by atoms with Crippen LogP contribution in [0.15, 0.2) is 29.6 Å². The number of hydrogen-bond acceptors (Lipinski definition) is 6. The van der Waals surface area contributed by atoms with E-state index in [9.17, 15) is 9.18 Å². The molecule has 1 aromatic heterocycles. The maximum absolute atomic E-state index is 13.1. The van der Waals surface area contributed by atoms with Gasteiger partial charge < -0.3 is 14.7 Å². The van der Waals surface area contributed by atoms with Crippen LogP contribution < -0.4 is 9.80 Å². The molecule has 156 valence electrons. The molecule has 0 N–H and O–H groups in total. The number of halogens is 1. The van der Waals surface area contributed by atoms with Gasteiger partial charge in [0.15, 0.2) is 5.13 Å². The molecular formula is C21H28FN5OS. The van der Waals surface area contributed by atoms with Crippen LogP contribution in [0.1, 0.15) is 24.3 Å². The van der Waals surface area contributed by atoms with Gasteiger partial charge in [0.25, 0.3) is 5.91 Å². The standard InChI is InChI=1S/C21H28FN5OS/c1-16(2)24-7-11-26(12-8-24)20(28)19-15-29-21(23-19)27-13-9-25(10-14-27)18-5-3-17(22)4-6-18/h3-6,15-16H,7-14H2,1-2H3. The minimum Gasteiger partial charge on any atom is -0.368 e. The monoisotopic (exact) mass is 417 g/mol. The zero-order chi connectivity index (χ0) is 20.4. The minimum atomic E-state index is -0.210. The van der Waals surface area contributed by atoms with Crippen LogP contribution in [0.3, 0.4) is 0 Å². The second-order valence-corrected chi connectivity index (χ2v) is 8.72. The highest BCUT2D eigenvalue weighted by Gasteiger charge is 2.26. The number of piperazine rings is 2. The van der Waals surface area contributed by atoms with Gasteiger partial charge in [-0.1, -0.05) is 0 Å². The summed E-state index contributed by atoms with van der Waals surface area (Å²) in [5.41, 5.74) is 1.60. The van der Waals surface area contributed by atoms with E-state index < -0.39 is 0 Å². The summed E-state index contributed by atoms with van der Waals surface area (Å²) in [6, 6.07) is 7.17. The fraction of sp³-hybridized carbons (Fsp3) is 0.524. The molecule has 3 heterocycles. The fourth-order valence-electron chi connectivity index (χ4n) is 3.92. The fourth-order valence-corrected chi connectivity index (χ4v) is 4.77. The summed E-state index contributed by atoms with van der Waals surface area (Å²) in [4.78, 5) is 26.3. The molecule has 2 aromatic rings. The van der Waals surface area contributed by atoms with Gasteiger partial charge in [-0.05, 0) is 38.1 Å². The van der Waals surface area contributed by atoms with Crippen LogP contribution in [0, 0.1) is 5.82 Å². The molecule has 0 aliphatic carbocycles. The van der Waals surface area contributed by atoms with Gasteiger partial charge in [0.2, 0.25) is 0 Å². The smallest absolute Gasteiger partial charge is 0.273 e. The lowest BCUT2D eigenvalue weighted by atomic mass is 10.2. The van der Waals surface area contributed by atoms with Gasteiger partial charge in [-0.15, -0.1) is 11.3 Å². The van der Waals surface area contributed by atoms with E-state index in [4.69, 9.17) is 0 Å². The largest absolute Gasteiger partial charge is 0.368 e. The van der Waals surface area contributed by atoms with Gasteiger partial charge >= 0.3 is 0 Å². The molecule has 0 saturated carbocycles. The maximum atomic E-state index is 13.1. The van der Waals surface area contributed by atoms with Gasteiger partial charge in [-0.2, -0.15) is 0 Å². The molecule has 1 amide bonds. The first-order valence-electron chi connectivity index (χ1n) is 10.3. The van der Waals surface area contributed by atoms with Crippen molar-refractivity contribution >= 4 is 28.1 Å². The van der Waals surface area contributed by atoms with Crippen molar-refractivity contribution in [3.8, 4) is 0 Å². The van der Waals surface area contributed by atoms with Crippen LogP contribution in [-0.4, -0.2) is 79.1 Å². The Balaban J connectivity index is 1.32. The van der Waals surface area contributed by atoms with Gasteiger partial charge in [-0.25, -0.2) is 9.37 Å². The van der Waals surface area contributed by atoms with Crippen LogP contribution in [0.5, 0.6) is 0 Å². The number of carbonyl (C=O) groups is 1. The number of rotatable bonds is 4. The third-order valence-electron chi connectivity index (χ3n) is 5.78. The molecule has 2 aliphatic rings. The highest BCUT2D eigenvalue weighted by Crippen LogP contribution is 2.25. The van der Waals surface area contributed by atoms with Crippen molar-refractivity contribution in [2.45, 2.75) is 19.9 Å². The van der Waals surface area contributed by atoms with Crippen molar-refractivity contribution in [3.05, 3.63) is 41.2 Å². The van der Waals surface area contributed by atoms with E-state index >= 15 is 0 Å². The summed E-state index contributed by atoms with van der Waals surface area (Å²) in [7, 11) is 0. The predicted molar refractivity (Wildman–Crippen MR) is 116 cm³/mol. The Hall–Kier alpha value is -2.19. The summed E-state index contributed by atoms with van der Waals surface area (Å²) in [5, 5.41) is 2.80.